The van der Waals surface area contributed by atoms with E-state index in [0.29, 0.717) is 0 Å². The van der Waals surface area contributed by atoms with Crippen molar-refractivity contribution in [3.8, 4) is 11.5 Å². The largest absolute Gasteiger partial charge is 1.00 e. The first-order valence-corrected chi connectivity index (χ1v) is 6.33. The molecule has 1 aromatic carbocycles. The average molecular weight is 534 g/mol. The molecule has 0 aliphatic carbocycles. The molecule has 2 N–H and O–H groups in total. The van der Waals surface area contributed by atoms with Gasteiger partial charge in [0.05, 0.1) is 9.79 Å². The summed E-state index contributed by atoms with van der Waals surface area (Å²) in [6.07, 6.45) is 0. The van der Waals surface area contributed by atoms with Gasteiger partial charge in [0.15, 0.2) is 0 Å². The fourth-order valence-electron chi connectivity index (χ4n) is 0.939. The predicted octanol–water partition coefficient (Wildman–Crippen LogP) is -7.09. The molecule has 12 heteroatoms. The molecular formula is C6H4Cs2O8S2. The molecule has 0 bridgehead atoms. The summed E-state index contributed by atoms with van der Waals surface area (Å²) in [6, 6.07) is 0.394. The van der Waals surface area contributed by atoms with Crippen LogP contribution < -0.4 is 138 Å². The Hall–Kier alpha value is 2.74. The Morgan fingerprint density at radius 1 is 0.778 bits per heavy atom. The van der Waals surface area contributed by atoms with Crippen LogP contribution in [0.25, 0.3) is 0 Å². The Bertz CT molecular complexity index is 578. The normalized spacial score (nSPS) is 11.2. The van der Waals surface area contributed by atoms with Gasteiger partial charge in [0.2, 0.25) is 0 Å². The molecule has 0 saturated carbocycles. The summed E-state index contributed by atoms with van der Waals surface area (Å²) in [4.78, 5) is -2.42. The zero-order chi connectivity index (χ0) is 12.7. The van der Waals surface area contributed by atoms with E-state index in [4.69, 9.17) is 10.2 Å². The van der Waals surface area contributed by atoms with Crippen molar-refractivity contribution in [2.24, 2.45) is 0 Å². The summed E-state index contributed by atoms with van der Waals surface area (Å²) in [5, 5.41) is 18.0. The van der Waals surface area contributed by atoms with Gasteiger partial charge in [-0.05, 0) is 0 Å². The van der Waals surface area contributed by atoms with E-state index in [1.165, 1.54) is 0 Å². The molecule has 0 amide bonds. The second-order valence-electron chi connectivity index (χ2n) is 2.70. The summed E-state index contributed by atoms with van der Waals surface area (Å²) in [7, 11) is -10.2. The van der Waals surface area contributed by atoms with Gasteiger partial charge in [0, 0.05) is 12.1 Å². The van der Waals surface area contributed by atoms with Crippen LogP contribution in [0.15, 0.2) is 21.9 Å². The molecule has 0 aromatic heterocycles. The van der Waals surface area contributed by atoms with Crippen LogP contribution in [0, 0.1) is 0 Å². The maximum absolute atomic E-state index is 10.5. The molecule has 0 aliphatic heterocycles. The Morgan fingerprint density at radius 2 is 1.00 bits per heavy atom. The van der Waals surface area contributed by atoms with E-state index in [0.717, 1.165) is 0 Å². The summed E-state index contributed by atoms with van der Waals surface area (Å²) >= 11 is 0. The van der Waals surface area contributed by atoms with Crippen molar-refractivity contribution in [3.63, 3.8) is 0 Å². The molecule has 0 unspecified atom stereocenters. The molecule has 18 heavy (non-hydrogen) atoms. The van der Waals surface area contributed by atoms with Gasteiger partial charge in [-0.1, -0.05) is 0 Å². The van der Waals surface area contributed by atoms with Crippen LogP contribution in [0.4, 0.5) is 0 Å². The van der Waals surface area contributed by atoms with Crippen LogP contribution in [0.3, 0.4) is 0 Å². The molecule has 0 fully saturated rings. The Morgan fingerprint density at radius 3 is 1.17 bits per heavy atom. The minimum atomic E-state index is -5.08. The van der Waals surface area contributed by atoms with Gasteiger partial charge in [-0.2, -0.15) is 0 Å². The molecule has 0 radical (unpaired) electrons. The van der Waals surface area contributed by atoms with E-state index < -0.39 is 41.5 Å². The second-order valence-corrected chi connectivity index (χ2v) is 5.39. The number of phenols is 2. The van der Waals surface area contributed by atoms with E-state index in [9.17, 15) is 25.9 Å². The van der Waals surface area contributed by atoms with Gasteiger partial charge >= 0.3 is 138 Å². The summed E-state index contributed by atoms with van der Waals surface area (Å²) < 4.78 is 63.1. The quantitative estimate of drug-likeness (QED) is 0.281. The van der Waals surface area contributed by atoms with Gasteiger partial charge in [-0.25, -0.2) is 16.8 Å². The van der Waals surface area contributed by atoms with E-state index in [1.807, 2.05) is 0 Å². The SMILES string of the molecule is O=S(=O)([O-])c1cc(O)c(S(=O)(=O)[O-])cc1O.[Cs+].[Cs+]. The van der Waals surface area contributed by atoms with Crippen molar-refractivity contribution in [2.45, 2.75) is 9.79 Å². The number of hydrogen-bond acceptors (Lipinski definition) is 8. The van der Waals surface area contributed by atoms with Crippen molar-refractivity contribution in [3.05, 3.63) is 12.1 Å². The van der Waals surface area contributed by atoms with Crippen LogP contribution in [-0.4, -0.2) is 36.2 Å². The van der Waals surface area contributed by atoms with Crippen molar-refractivity contribution >= 4 is 20.2 Å². The number of phenolic OH excluding ortho intramolecular Hbond substituents is 2. The molecule has 0 heterocycles. The van der Waals surface area contributed by atoms with Gasteiger partial charge < -0.3 is 19.3 Å². The van der Waals surface area contributed by atoms with Crippen LogP contribution in [0.2, 0.25) is 0 Å². The fourth-order valence-corrected chi connectivity index (χ4v) is 2.08. The van der Waals surface area contributed by atoms with Gasteiger partial charge in [0.25, 0.3) is 0 Å². The molecule has 1 rings (SSSR count). The average Bonchev–Trinajstić information content (AvgIpc) is 2.04. The first-order chi connectivity index (χ1) is 7.03. The fraction of sp³-hybridized carbons (Fsp3) is 0. The first kappa shape index (κ1) is 23.0. The smallest absolute Gasteiger partial charge is 0.744 e. The van der Waals surface area contributed by atoms with E-state index >= 15 is 0 Å². The Kier molecular flexibility index (Phi) is 10.7. The van der Waals surface area contributed by atoms with Crippen LogP contribution >= 0.6 is 0 Å². The molecular weight excluding hydrogens is 530 g/mol. The maximum atomic E-state index is 10.5. The molecule has 1 aromatic rings. The summed E-state index contributed by atoms with van der Waals surface area (Å²) in [6.45, 7) is 0. The third-order valence-corrected chi connectivity index (χ3v) is 3.31. The number of benzene rings is 1. The van der Waals surface area contributed by atoms with Gasteiger partial charge in [-0.3, -0.25) is 0 Å². The third-order valence-electron chi connectivity index (χ3n) is 1.58. The van der Waals surface area contributed by atoms with Gasteiger partial charge in [0.1, 0.15) is 31.7 Å². The minimum Gasteiger partial charge on any atom is -0.744 e. The Balaban J connectivity index is 0. The number of rotatable bonds is 2. The molecule has 0 spiro atoms. The topological polar surface area (TPSA) is 155 Å². The van der Waals surface area contributed by atoms with Crippen molar-refractivity contribution in [1.29, 1.82) is 0 Å². The molecule has 90 valence electrons. The molecule has 0 aliphatic rings. The first-order valence-electron chi connectivity index (χ1n) is 3.51. The summed E-state index contributed by atoms with van der Waals surface area (Å²) in [5.74, 6) is -2.44. The standard InChI is InChI=1S/C6H6O8S2.2Cs/c7-3-1-5(15(9,10)11)4(8)2-6(3)16(12,13)14;;/h1-2,7-8H,(H,9,10,11)(H,12,13,14);;/q;2*+1/p-2. The third kappa shape index (κ3) is 6.24. The number of hydrogen-bond donors (Lipinski definition) is 2. The zero-order valence-electron chi connectivity index (χ0n) is 9.32. The van der Waals surface area contributed by atoms with Crippen LogP contribution in [0.1, 0.15) is 0 Å². The van der Waals surface area contributed by atoms with E-state index in [-0.39, 0.29) is 150 Å². The van der Waals surface area contributed by atoms with Crippen molar-refractivity contribution in [2.75, 3.05) is 0 Å². The second kappa shape index (κ2) is 8.40. The van der Waals surface area contributed by atoms with Gasteiger partial charge in [-0.15, -0.1) is 0 Å². The molecule has 0 atom stereocenters. The van der Waals surface area contributed by atoms with Crippen LogP contribution in [-0.2, 0) is 20.2 Å². The number of aromatic hydroxyl groups is 2. The van der Waals surface area contributed by atoms with Crippen molar-refractivity contribution in [1.82, 2.24) is 0 Å². The minimum absolute atomic E-state index is 0. The van der Waals surface area contributed by atoms with Crippen LogP contribution in [0.5, 0.6) is 11.5 Å². The predicted molar refractivity (Wildman–Crippen MR) is 45.7 cm³/mol. The molecule has 8 nitrogen and oxygen atoms in total. The van der Waals surface area contributed by atoms with E-state index in [2.05, 4.69) is 0 Å². The Labute approximate surface area is 221 Å². The zero-order valence-corrected chi connectivity index (χ0v) is 23.5. The summed E-state index contributed by atoms with van der Waals surface area (Å²) in [5.41, 5.74) is 0. The molecule has 0 saturated heterocycles. The van der Waals surface area contributed by atoms with Crippen molar-refractivity contribution < 1.29 is 174 Å². The monoisotopic (exact) mass is 534 g/mol. The van der Waals surface area contributed by atoms with E-state index in [1.54, 1.807) is 0 Å². The maximum Gasteiger partial charge on any atom is 1.00 e.